The number of aromatic hydroxyl groups is 1. The number of primary amides is 1. The van der Waals surface area contributed by atoms with Gasteiger partial charge < -0.3 is 20.3 Å². The molecule has 1 amide bonds. The van der Waals surface area contributed by atoms with Crippen LogP contribution in [0, 0.1) is 6.92 Å². The standard InChI is InChI=1S/C29H37N3O4/c1-6-20-10-9-11-21(7-2)28(20)25-17-27(36-22-12-13-23(29(30)34)26(33)16-22)24(19(4)31-25)18-32(8-3)14-15-35-5/h9-13,16-17,33H,6-8,14-15,18H2,1-5H3,(H2,30,34). The van der Waals surface area contributed by atoms with Crippen LogP contribution in [0.15, 0.2) is 42.5 Å². The van der Waals surface area contributed by atoms with Crippen molar-refractivity contribution >= 4 is 5.91 Å². The lowest BCUT2D eigenvalue weighted by Gasteiger charge is -2.24. The normalized spacial score (nSPS) is 11.2. The molecule has 0 bridgehead atoms. The number of carbonyl (C=O) groups is 1. The Morgan fingerprint density at radius 1 is 1.08 bits per heavy atom. The molecule has 0 aliphatic carbocycles. The van der Waals surface area contributed by atoms with Gasteiger partial charge in [-0.15, -0.1) is 0 Å². The Hall–Kier alpha value is -3.42. The highest BCUT2D eigenvalue weighted by Gasteiger charge is 2.19. The Morgan fingerprint density at radius 3 is 2.33 bits per heavy atom. The lowest BCUT2D eigenvalue weighted by molar-refractivity contribution is 0.0997. The van der Waals surface area contributed by atoms with E-state index in [2.05, 4.69) is 43.9 Å². The van der Waals surface area contributed by atoms with Gasteiger partial charge in [-0.2, -0.15) is 0 Å². The molecule has 2 aromatic carbocycles. The molecule has 36 heavy (non-hydrogen) atoms. The number of amides is 1. The molecule has 192 valence electrons. The molecule has 0 radical (unpaired) electrons. The van der Waals surface area contributed by atoms with Crippen molar-refractivity contribution in [1.82, 2.24) is 9.88 Å². The number of nitrogens with zero attached hydrogens (tertiary/aromatic N) is 2. The number of rotatable bonds is 12. The molecule has 0 unspecified atom stereocenters. The van der Waals surface area contributed by atoms with Crippen LogP contribution in [0.25, 0.3) is 11.3 Å². The first-order valence-corrected chi connectivity index (χ1v) is 12.5. The predicted octanol–water partition coefficient (Wildman–Crippen LogP) is 5.25. The maximum absolute atomic E-state index is 11.6. The monoisotopic (exact) mass is 491 g/mol. The number of aromatic nitrogens is 1. The van der Waals surface area contributed by atoms with Crippen LogP contribution < -0.4 is 10.5 Å². The molecule has 0 fully saturated rings. The van der Waals surface area contributed by atoms with E-state index in [0.29, 0.717) is 24.7 Å². The third kappa shape index (κ3) is 6.22. The number of aryl methyl sites for hydroxylation is 3. The number of hydrogen-bond donors (Lipinski definition) is 2. The molecule has 1 heterocycles. The van der Waals surface area contributed by atoms with E-state index in [0.717, 1.165) is 48.4 Å². The summed E-state index contributed by atoms with van der Waals surface area (Å²) in [6, 6.07) is 12.9. The highest BCUT2D eigenvalue weighted by molar-refractivity contribution is 5.95. The molecular formula is C29H37N3O4. The van der Waals surface area contributed by atoms with Crippen LogP contribution in [0.1, 0.15) is 53.5 Å². The molecule has 0 aliphatic heterocycles. The van der Waals surface area contributed by atoms with Crippen LogP contribution in [-0.2, 0) is 24.1 Å². The van der Waals surface area contributed by atoms with Crippen molar-refractivity contribution in [2.24, 2.45) is 5.73 Å². The molecule has 0 atom stereocenters. The van der Waals surface area contributed by atoms with E-state index in [4.69, 9.17) is 20.2 Å². The average molecular weight is 492 g/mol. The molecular weight excluding hydrogens is 454 g/mol. The van der Waals surface area contributed by atoms with E-state index < -0.39 is 5.91 Å². The fraction of sp³-hybridized carbons (Fsp3) is 0.379. The molecule has 0 saturated carbocycles. The van der Waals surface area contributed by atoms with Crippen LogP contribution >= 0.6 is 0 Å². The second-order valence-electron chi connectivity index (χ2n) is 8.73. The number of carbonyl (C=O) groups excluding carboxylic acids is 1. The van der Waals surface area contributed by atoms with E-state index in [1.165, 1.54) is 23.3 Å². The van der Waals surface area contributed by atoms with Gasteiger partial charge in [0.1, 0.15) is 17.2 Å². The van der Waals surface area contributed by atoms with Gasteiger partial charge in [0.15, 0.2) is 0 Å². The summed E-state index contributed by atoms with van der Waals surface area (Å²) in [6.07, 6.45) is 1.79. The minimum absolute atomic E-state index is 0.0513. The van der Waals surface area contributed by atoms with Crippen molar-refractivity contribution in [2.75, 3.05) is 26.8 Å². The first kappa shape index (κ1) is 27.2. The van der Waals surface area contributed by atoms with Crippen LogP contribution in [0.2, 0.25) is 0 Å². The summed E-state index contributed by atoms with van der Waals surface area (Å²) in [7, 11) is 1.70. The van der Waals surface area contributed by atoms with Crippen molar-refractivity contribution in [2.45, 2.75) is 47.1 Å². The van der Waals surface area contributed by atoms with Crippen molar-refractivity contribution in [3.05, 3.63) is 70.4 Å². The minimum atomic E-state index is -0.693. The maximum atomic E-state index is 11.6. The van der Waals surface area contributed by atoms with Gasteiger partial charge in [-0.05, 0) is 49.6 Å². The second-order valence-corrected chi connectivity index (χ2v) is 8.73. The molecule has 3 rings (SSSR count). The van der Waals surface area contributed by atoms with E-state index in [1.54, 1.807) is 13.2 Å². The number of phenols is 1. The average Bonchev–Trinajstić information content (AvgIpc) is 2.87. The number of nitrogens with two attached hydrogens (primary N) is 1. The second kappa shape index (κ2) is 12.5. The predicted molar refractivity (Wildman–Crippen MR) is 143 cm³/mol. The summed E-state index contributed by atoms with van der Waals surface area (Å²) < 4.78 is 11.6. The summed E-state index contributed by atoms with van der Waals surface area (Å²) in [5.41, 5.74) is 11.7. The van der Waals surface area contributed by atoms with Crippen LogP contribution in [0.3, 0.4) is 0 Å². The molecule has 3 aromatic rings. The van der Waals surface area contributed by atoms with Gasteiger partial charge in [-0.1, -0.05) is 39.0 Å². The lowest BCUT2D eigenvalue weighted by Crippen LogP contribution is -2.27. The maximum Gasteiger partial charge on any atom is 0.252 e. The summed E-state index contributed by atoms with van der Waals surface area (Å²) in [5, 5.41) is 10.3. The quantitative estimate of drug-likeness (QED) is 0.359. The summed E-state index contributed by atoms with van der Waals surface area (Å²) in [5.74, 6) is 0.163. The van der Waals surface area contributed by atoms with Gasteiger partial charge in [0.05, 0.1) is 17.9 Å². The Labute approximate surface area is 213 Å². The smallest absolute Gasteiger partial charge is 0.252 e. The zero-order valence-electron chi connectivity index (χ0n) is 21.9. The summed E-state index contributed by atoms with van der Waals surface area (Å²) >= 11 is 0. The highest BCUT2D eigenvalue weighted by Crippen LogP contribution is 2.36. The van der Waals surface area contributed by atoms with Gasteiger partial charge in [0, 0.05) is 49.2 Å². The Kier molecular flexibility index (Phi) is 9.44. The van der Waals surface area contributed by atoms with Gasteiger partial charge in [0.2, 0.25) is 0 Å². The first-order chi connectivity index (χ1) is 17.3. The third-order valence-electron chi connectivity index (χ3n) is 6.45. The number of benzene rings is 2. The third-order valence-corrected chi connectivity index (χ3v) is 6.45. The molecule has 1 aromatic heterocycles. The van der Waals surface area contributed by atoms with Crippen LogP contribution in [0.4, 0.5) is 0 Å². The van der Waals surface area contributed by atoms with Gasteiger partial charge in [-0.25, -0.2) is 0 Å². The fourth-order valence-corrected chi connectivity index (χ4v) is 4.36. The number of hydrogen-bond acceptors (Lipinski definition) is 6. The molecule has 3 N–H and O–H groups in total. The van der Waals surface area contributed by atoms with E-state index in [-0.39, 0.29) is 11.3 Å². The van der Waals surface area contributed by atoms with Crippen LogP contribution in [-0.4, -0.2) is 47.7 Å². The Morgan fingerprint density at radius 2 is 1.78 bits per heavy atom. The SMILES string of the molecule is CCc1cccc(CC)c1-c1cc(Oc2ccc(C(N)=O)c(O)c2)c(CN(CC)CCOC)c(C)n1. The summed E-state index contributed by atoms with van der Waals surface area (Å²) in [4.78, 5) is 18.9. The minimum Gasteiger partial charge on any atom is -0.507 e. The molecule has 0 spiro atoms. The van der Waals surface area contributed by atoms with Crippen molar-refractivity contribution in [1.29, 1.82) is 0 Å². The number of ether oxygens (including phenoxy) is 2. The Balaban J connectivity index is 2.14. The number of pyridine rings is 1. The van der Waals surface area contributed by atoms with E-state index in [9.17, 15) is 9.90 Å². The first-order valence-electron chi connectivity index (χ1n) is 12.5. The van der Waals surface area contributed by atoms with E-state index >= 15 is 0 Å². The molecule has 0 saturated heterocycles. The van der Waals surface area contributed by atoms with E-state index in [1.807, 2.05) is 13.0 Å². The van der Waals surface area contributed by atoms with Crippen molar-refractivity contribution < 1.29 is 19.4 Å². The number of methoxy groups -OCH3 is 1. The highest BCUT2D eigenvalue weighted by atomic mass is 16.5. The largest absolute Gasteiger partial charge is 0.507 e. The topological polar surface area (TPSA) is 97.9 Å². The molecule has 0 aliphatic rings. The van der Waals surface area contributed by atoms with Gasteiger partial charge in [0.25, 0.3) is 5.91 Å². The zero-order chi connectivity index (χ0) is 26.2. The van der Waals surface area contributed by atoms with Gasteiger partial charge >= 0.3 is 0 Å². The van der Waals surface area contributed by atoms with Gasteiger partial charge in [-0.3, -0.25) is 14.7 Å². The molecule has 7 heteroatoms. The zero-order valence-corrected chi connectivity index (χ0v) is 21.9. The molecule has 7 nitrogen and oxygen atoms in total. The Bertz CT molecular complexity index is 1190. The summed E-state index contributed by atoms with van der Waals surface area (Å²) in [6.45, 7) is 11.3. The van der Waals surface area contributed by atoms with Crippen LogP contribution in [0.5, 0.6) is 17.2 Å². The van der Waals surface area contributed by atoms with Crippen molar-refractivity contribution in [3.63, 3.8) is 0 Å². The lowest BCUT2D eigenvalue weighted by atomic mass is 9.94. The van der Waals surface area contributed by atoms with Crippen molar-refractivity contribution in [3.8, 4) is 28.5 Å². The number of likely N-dealkylation sites (N-methyl/N-ethyl adjacent to an activating group) is 1. The fourth-order valence-electron chi connectivity index (χ4n) is 4.36.